The highest BCUT2D eigenvalue weighted by Gasteiger charge is 2.11. The fourth-order valence-electron chi connectivity index (χ4n) is 2.10. The molecule has 0 radical (unpaired) electrons. The third-order valence-corrected chi connectivity index (χ3v) is 4.11. The summed E-state index contributed by atoms with van der Waals surface area (Å²) in [5.41, 5.74) is 1.88. The first-order valence-electron chi connectivity index (χ1n) is 7.22. The third-order valence-electron chi connectivity index (χ3n) is 3.27. The van der Waals surface area contributed by atoms with Crippen molar-refractivity contribution in [3.63, 3.8) is 0 Å². The molecule has 0 unspecified atom stereocenters. The second-order valence-electron chi connectivity index (χ2n) is 5.00. The number of aromatic nitrogens is 2. The van der Waals surface area contributed by atoms with Crippen molar-refractivity contribution in [3.8, 4) is 0 Å². The normalized spacial score (nSPS) is 12.0. The zero-order chi connectivity index (χ0) is 16.1. The lowest BCUT2D eigenvalue weighted by Crippen LogP contribution is -1.87. The molecule has 3 rings (SSSR count). The first-order chi connectivity index (χ1) is 11.2. The lowest BCUT2D eigenvalue weighted by molar-refractivity contribution is 0.420. The average Bonchev–Trinajstić information content (AvgIpc) is 3.02. The maximum Gasteiger partial charge on any atom is 0.281 e. The van der Waals surface area contributed by atoms with E-state index in [-0.39, 0.29) is 5.76 Å². The molecule has 3 aromatic rings. The molecule has 0 fully saturated rings. The van der Waals surface area contributed by atoms with E-state index in [4.69, 9.17) is 4.42 Å². The van der Waals surface area contributed by atoms with E-state index >= 15 is 0 Å². The van der Waals surface area contributed by atoms with Crippen LogP contribution in [-0.2, 0) is 6.42 Å². The molecule has 1 heterocycles. The molecule has 2 aromatic carbocycles. The molecule has 4 nitrogen and oxygen atoms in total. The first kappa shape index (κ1) is 15.4. The number of aliphatic hydroxyl groups excluding tert-OH is 1. The summed E-state index contributed by atoms with van der Waals surface area (Å²) in [4.78, 5) is 0.714. The number of benzene rings is 2. The van der Waals surface area contributed by atoms with Crippen LogP contribution >= 0.6 is 11.8 Å². The van der Waals surface area contributed by atoms with Crippen molar-refractivity contribution >= 4 is 17.5 Å². The van der Waals surface area contributed by atoms with Gasteiger partial charge in [0, 0.05) is 10.5 Å². The van der Waals surface area contributed by atoms with Gasteiger partial charge >= 0.3 is 0 Å². The summed E-state index contributed by atoms with van der Waals surface area (Å²) in [7, 11) is 0. The summed E-state index contributed by atoms with van der Waals surface area (Å²) in [6.07, 6.45) is 0.599. The van der Waals surface area contributed by atoms with E-state index in [1.807, 2.05) is 67.6 Å². The van der Waals surface area contributed by atoms with E-state index in [0.29, 0.717) is 22.4 Å². The van der Waals surface area contributed by atoms with E-state index in [0.717, 1.165) is 11.1 Å². The molecule has 116 valence electrons. The van der Waals surface area contributed by atoms with Crippen molar-refractivity contribution in [1.82, 2.24) is 10.2 Å². The molecule has 0 bridgehead atoms. The first-order valence-corrected chi connectivity index (χ1v) is 8.03. The molecule has 0 aliphatic heterocycles. The smallest absolute Gasteiger partial charge is 0.281 e. The minimum atomic E-state index is 0.221. The van der Waals surface area contributed by atoms with E-state index in [1.54, 1.807) is 0 Å². The van der Waals surface area contributed by atoms with Crippen molar-refractivity contribution in [2.75, 3.05) is 0 Å². The summed E-state index contributed by atoms with van der Waals surface area (Å²) in [6.45, 7) is 1.83. The monoisotopic (exact) mass is 324 g/mol. The molecular formula is C18H16N2O2S. The number of hydrogen-bond acceptors (Lipinski definition) is 5. The Labute approximate surface area is 138 Å². The number of rotatable bonds is 5. The number of aliphatic hydroxyl groups is 1. The van der Waals surface area contributed by atoms with Crippen LogP contribution in [0.5, 0.6) is 0 Å². The Balaban J connectivity index is 1.71. The van der Waals surface area contributed by atoms with Gasteiger partial charge in [0.25, 0.3) is 5.22 Å². The molecular weight excluding hydrogens is 308 g/mol. The van der Waals surface area contributed by atoms with Crippen molar-refractivity contribution < 1.29 is 9.52 Å². The van der Waals surface area contributed by atoms with Crippen molar-refractivity contribution in [1.29, 1.82) is 0 Å². The Morgan fingerprint density at radius 1 is 1.00 bits per heavy atom. The van der Waals surface area contributed by atoms with E-state index in [1.165, 1.54) is 11.8 Å². The molecule has 0 saturated heterocycles. The summed E-state index contributed by atoms with van der Waals surface area (Å²) >= 11 is 1.27. The number of hydrogen-bond donors (Lipinski definition) is 1. The predicted octanol–water partition coefficient (Wildman–Crippen LogP) is 4.70. The van der Waals surface area contributed by atoms with Gasteiger partial charge < -0.3 is 9.52 Å². The van der Waals surface area contributed by atoms with Crippen molar-refractivity contribution in [2.45, 2.75) is 18.6 Å². The molecule has 0 saturated carbocycles. The van der Waals surface area contributed by atoms with Gasteiger partial charge in [-0.05, 0) is 24.2 Å². The van der Waals surface area contributed by atoms with Crippen molar-refractivity contribution in [3.05, 3.63) is 82.6 Å². The van der Waals surface area contributed by atoms with Crippen LogP contribution < -0.4 is 0 Å². The summed E-state index contributed by atoms with van der Waals surface area (Å²) in [5.74, 6) is 0.782. The van der Waals surface area contributed by atoms with Gasteiger partial charge in [-0.3, -0.25) is 0 Å². The minimum Gasteiger partial charge on any atom is -0.506 e. The van der Waals surface area contributed by atoms with E-state index in [2.05, 4.69) is 10.2 Å². The summed E-state index contributed by atoms with van der Waals surface area (Å²) < 4.78 is 5.64. The van der Waals surface area contributed by atoms with Crippen LogP contribution in [0.4, 0.5) is 0 Å². The molecule has 1 N–H and O–H groups in total. The number of nitrogens with zero attached hydrogens (tertiary/aromatic N) is 2. The molecule has 0 aliphatic carbocycles. The van der Waals surface area contributed by atoms with Crippen LogP contribution in [0.3, 0.4) is 0 Å². The van der Waals surface area contributed by atoms with Crippen molar-refractivity contribution in [2.24, 2.45) is 0 Å². The van der Waals surface area contributed by atoms with Crippen LogP contribution in [0, 0.1) is 0 Å². The highest BCUT2D eigenvalue weighted by Crippen LogP contribution is 2.30. The van der Waals surface area contributed by atoms with Gasteiger partial charge in [0.2, 0.25) is 5.89 Å². The highest BCUT2D eigenvalue weighted by molar-refractivity contribution is 8.03. The fourth-order valence-corrected chi connectivity index (χ4v) is 2.80. The Hall–Kier alpha value is -2.53. The van der Waals surface area contributed by atoms with E-state index in [9.17, 15) is 5.11 Å². The lowest BCUT2D eigenvalue weighted by Gasteiger charge is -2.03. The van der Waals surface area contributed by atoms with Crippen LogP contribution in [0.2, 0.25) is 0 Å². The molecule has 0 atom stereocenters. The largest absolute Gasteiger partial charge is 0.506 e. The van der Waals surface area contributed by atoms with Gasteiger partial charge in [-0.2, -0.15) is 0 Å². The SMILES string of the molecule is C/C(Sc1nnc(Cc2ccccc2)o1)=C(\O)c1ccccc1. The Morgan fingerprint density at radius 2 is 1.65 bits per heavy atom. The topological polar surface area (TPSA) is 59.2 Å². The molecule has 5 heteroatoms. The standard InChI is InChI=1S/C18H16N2O2S/c1-13(17(21)15-10-6-3-7-11-15)23-18-20-19-16(22-18)12-14-8-4-2-5-9-14/h2-11,21H,12H2,1H3/b17-13+. The Kier molecular flexibility index (Phi) is 4.78. The summed E-state index contributed by atoms with van der Waals surface area (Å²) in [6, 6.07) is 19.3. The fraction of sp³-hybridized carbons (Fsp3) is 0.111. The zero-order valence-corrected chi connectivity index (χ0v) is 13.5. The molecule has 0 spiro atoms. The Bertz CT molecular complexity index is 798. The zero-order valence-electron chi connectivity index (χ0n) is 12.6. The molecule has 0 aliphatic rings. The molecule has 23 heavy (non-hydrogen) atoms. The minimum absolute atomic E-state index is 0.221. The van der Waals surface area contributed by atoms with Gasteiger partial charge in [-0.15, -0.1) is 10.2 Å². The second-order valence-corrected chi connectivity index (χ2v) is 6.16. The molecule has 0 amide bonds. The van der Waals surface area contributed by atoms with Crippen LogP contribution in [0.25, 0.3) is 5.76 Å². The van der Waals surface area contributed by atoms with Crippen LogP contribution in [0.15, 0.2) is 75.2 Å². The third kappa shape index (κ3) is 4.02. The predicted molar refractivity (Wildman–Crippen MR) is 91.1 cm³/mol. The number of thioether (sulfide) groups is 1. The quantitative estimate of drug-likeness (QED) is 0.544. The van der Waals surface area contributed by atoms with Gasteiger partial charge in [0.05, 0.1) is 6.42 Å². The lowest BCUT2D eigenvalue weighted by atomic mass is 10.2. The molecule has 1 aromatic heterocycles. The maximum atomic E-state index is 10.3. The maximum absolute atomic E-state index is 10.3. The highest BCUT2D eigenvalue weighted by atomic mass is 32.2. The van der Waals surface area contributed by atoms with E-state index < -0.39 is 0 Å². The van der Waals surface area contributed by atoms with Crippen LogP contribution in [0.1, 0.15) is 23.9 Å². The number of allylic oxidation sites excluding steroid dienone is 1. The summed E-state index contributed by atoms with van der Waals surface area (Å²) in [5, 5.41) is 18.8. The Morgan fingerprint density at radius 3 is 2.35 bits per heavy atom. The average molecular weight is 324 g/mol. The van der Waals surface area contributed by atoms with Gasteiger partial charge in [-0.1, -0.05) is 60.7 Å². The second kappa shape index (κ2) is 7.15. The van der Waals surface area contributed by atoms with Crippen LogP contribution in [-0.4, -0.2) is 15.3 Å². The van der Waals surface area contributed by atoms with Gasteiger partial charge in [-0.25, -0.2) is 0 Å². The van der Waals surface area contributed by atoms with Gasteiger partial charge in [0.1, 0.15) is 5.76 Å². The van der Waals surface area contributed by atoms with Gasteiger partial charge in [0.15, 0.2) is 0 Å².